The molecule has 1 atom stereocenters. The first kappa shape index (κ1) is 17.1. The Bertz CT molecular complexity index is 853. The number of rotatable bonds is 4. The van der Waals surface area contributed by atoms with Gasteiger partial charge in [0.15, 0.2) is 0 Å². The highest BCUT2D eigenvalue weighted by Gasteiger charge is 2.35. The first-order valence-electron chi connectivity index (χ1n) is 8.72. The van der Waals surface area contributed by atoms with E-state index in [0.717, 1.165) is 24.8 Å². The average molecular weight is 370 g/mol. The van der Waals surface area contributed by atoms with E-state index in [0.29, 0.717) is 11.4 Å². The molecule has 1 saturated carbocycles. The van der Waals surface area contributed by atoms with Crippen molar-refractivity contribution in [3.63, 3.8) is 0 Å². The maximum atomic E-state index is 14.2. The largest absolute Gasteiger partial charge is 0.326 e. The summed E-state index contributed by atoms with van der Waals surface area (Å²) >= 11 is 1.46. The van der Waals surface area contributed by atoms with E-state index in [9.17, 15) is 14.0 Å². The fourth-order valence-electron chi connectivity index (χ4n) is 3.26. The molecule has 1 N–H and O–H groups in total. The molecule has 4 nitrogen and oxygen atoms in total. The van der Waals surface area contributed by atoms with Gasteiger partial charge in [-0.3, -0.25) is 14.5 Å². The molecule has 0 radical (unpaired) electrons. The molecule has 2 amide bonds. The minimum atomic E-state index is -0.414. The number of thioether (sulfide) groups is 1. The van der Waals surface area contributed by atoms with Crippen molar-refractivity contribution >= 4 is 35.0 Å². The Morgan fingerprint density at radius 1 is 1.15 bits per heavy atom. The molecule has 0 bridgehead atoms. The van der Waals surface area contributed by atoms with E-state index in [1.165, 1.54) is 22.7 Å². The predicted molar refractivity (Wildman–Crippen MR) is 101 cm³/mol. The smallest absolute Gasteiger partial charge is 0.238 e. The number of hydrogen-bond donors (Lipinski definition) is 1. The van der Waals surface area contributed by atoms with Crippen LogP contribution in [0.4, 0.5) is 15.8 Å². The summed E-state index contributed by atoms with van der Waals surface area (Å²) in [4.78, 5) is 26.1. The Morgan fingerprint density at radius 2 is 1.96 bits per heavy atom. The van der Waals surface area contributed by atoms with Crippen LogP contribution in [0.1, 0.15) is 30.2 Å². The van der Waals surface area contributed by atoms with Crippen molar-refractivity contribution in [3.05, 3.63) is 59.9 Å². The maximum absolute atomic E-state index is 14.2. The number of nitrogens with zero attached hydrogens (tertiary/aromatic N) is 1. The fraction of sp³-hybridized carbons (Fsp3) is 0.300. The van der Waals surface area contributed by atoms with Gasteiger partial charge in [-0.2, -0.15) is 0 Å². The lowest BCUT2D eigenvalue weighted by molar-refractivity contribution is -0.122. The summed E-state index contributed by atoms with van der Waals surface area (Å²) in [6.45, 7) is 0. The predicted octanol–water partition coefficient (Wildman–Crippen LogP) is 4.34. The topological polar surface area (TPSA) is 49.4 Å². The molecule has 0 unspecified atom stereocenters. The fourth-order valence-corrected chi connectivity index (χ4v) is 4.42. The highest BCUT2D eigenvalue weighted by molar-refractivity contribution is 8.00. The summed E-state index contributed by atoms with van der Waals surface area (Å²) in [6, 6.07) is 13.8. The van der Waals surface area contributed by atoms with Crippen LogP contribution in [0.15, 0.2) is 48.5 Å². The molecule has 2 fully saturated rings. The molecule has 134 valence electrons. The Kier molecular flexibility index (Phi) is 4.68. The number of halogens is 1. The number of amides is 2. The van der Waals surface area contributed by atoms with E-state index in [1.807, 2.05) is 24.3 Å². The number of hydrogen-bond acceptors (Lipinski definition) is 3. The first-order valence-corrected chi connectivity index (χ1v) is 9.77. The summed E-state index contributed by atoms with van der Waals surface area (Å²) < 4.78 is 14.2. The zero-order valence-corrected chi connectivity index (χ0v) is 15.0. The number of nitrogens with one attached hydrogen (secondary N) is 1. The van der Waals surface area contributed by atoms with Crippen molar-refractivity contribution in [2.45, 2.75) is 24.6 Å². The van der Waals surface area contributed by atoms with Gasteiger partial charge in [-0.05, 0) is 42.7 Å². The van der Waals surface area contributed by atoms with Gasteiger partial charge in [0, 0.05) is 11.6 Å². The summed E-state index contributed by atoms with van der Waals surface area (Å²) in [5.41, 5.74) is 1.87. The number of benzene rings is 2. The Labute approximate surface area is 155 Å². The lowest BCUT2D eigenvalue weighted by Gasteiger charge is -2.26. The zero-order chi connectivity index (χ0) is 18.1. The molecule has 2 aliphatic rings. The van der Waals surface area contributed by atoms with Gasteiger partial charge in [0.2, 0.25) is 11.8 Å². The zero-order valence-electron chi connectivity index (χ0n) is 14.2. The molecule has 2 aromatic carbocycles. The van der Waals surface area contributed by atoms with Crippen LogP contribution in [0.2, 0.25) is 0 Å². The minimum absolute atomic E-state index is 0.0505. The van der Waals surface area contributed by atoms with E-state index < -0.39 is 5.82 Å². The molecule has 1 saturated heterocycles. The second-order valence-corrected chi connectivity index (χ2v) is 7.69. The van der Waals surface area contributed by atoms with Gasteiger partial charge in [-0.25, -0.2) is 4.39 Å². The van der Waals surface area contributed by atoms with Crippen LogP contribution in [0.3, 0.4) is 0 Å². The van der Waals surface area contributed by atoms with E-state index in [-0.39, 0.29) is 28.8 Å². The Balaban J connectivity index is 1.59. The third-order valence-corrected chi connectivity index (χ3v) is 6.11. The standard InChI is InChI=1S/C20H19FN2O2S/c21-16-9-1-2-10-17(16)23-18(24)12-26-20(23)14-7-4-8-15(11-14)22-19(25)13-5-3-6-13/h1-2,4,7-11,13,20H,3,5-6,12H2,(H,22,25)/t20-/m1/s1. The summed E-state index contributed by atoms with van der Waals surface area (Å²) in [7, 11) is 0. The van der Waals surface area contributed by atoms with Crippen LogP contribution in [0.5, 0.6) is 0 Å². The highest BCUT2D eigenvalue weighted by atomic mass is 32.2. The van der Waals surface area contributed by atoms with E-state index in [4.69, 9.17) is 0 Å². The number of para-hydroxylation sites is 1. The Morgan fingerprint density at radius 3 is 2.69 bits per heavy atom. The molecule has 2 aromatic rings. The van der Waals surface area contributed by atoms with E-state index in [1.54, 1.807) is 18.2 Å². The molecule has 6 heteroatoms. The second-order valence-electron chi connectivity index (χ2n) is 6.62. The van der Waals surface area contributed by atoms with Crippen molar-refractivity contribution in [1.82, 2.24) is 0 Å². The van der Waals surface area contributed by atoms with Gasteiger partial charge in [-0.15, -0.1) is 11.8 Å². The van der Waals surface area contributed by atoms with Crippen molar-refractivity contribution < 1.29 is 14.0 Å². The normalized spacial score (nSPS) is 20.1. The molecule has 4 rings (SSSR count). The lowest BCUT2D eigenvalue weighted by atomic mass is 9.85. The number of anilines is 2. The average Bonchev–Trinajstić information content (AvgIpc) is 2.95. The molecule has 1 aliphatic heterocycles. The SMILES string of the molecule is O=C(Nc1cccc([C@H]2SCC(=O)N2c2ccccc2F)c1)C1CCC1. The molecular weight excluding hydrogens is 351 g/mol. The minimum Gasteiger partial charge on any atom is -0.326 e. The van der Waals surface area contributed by atoms with Crippen molar-refractivity contribution in [1.29, 1.82) is 0 Å². The van der Waals surface area contributed by atoms with Crippen LogP contribution in [-0.2, 0) is 9.59 Å². The van der Waals surface area contributed by atoms with Crippen LogP contribution in [0, 0.1) is 11.7 Å². The van der Waals surface area contributed by atoms with Gasteiger partial charge >= 0.3 is 0 Å². The van der Waals surface area contributed by atoms with Crippen LogP contribution in [-0.4, -0.2) is 17.6 Å². The lowest BCUT2D eigenvalue weighted by Crippen LogP contribution is -2.29. The van der Waals surface area contributed by atoms with Crippen LogP contribution in [0.25, 0.3) is 0 Å². The Hall–Kier alpha value is -2.34. The molecule has 0 spiro atoms. The molecule has 26 heavy (non-hydrogen) atoms. The first-order chi connectivity index (χ1) is 12.6. The highest BCUT2D eigenvalue weighted by Crippen LogP contribution is 2.43. The number of carbonyl (C=O) groups is 2. The molecule has 0 aromatic heterocycles. The molecular formula is C20H19FN2O2S. The van der Waals surface area contributed by atoms with Gasteiger partial charge in [-0.1, -0.05) is 30.7 Å². The summed E-state index contributed by atoms with van der Waals surface area (Å²) in [5.74, 6) is -0.0696. The van der Waals surface area contributed by atoms with E-state index >= 15 is 0 Å². The summed E-state index contributed by atoms with van der Waals surface area (Å²) in [6.07, 6.45) is 3.00. The third-order valence-electron chi connectivity index (χ3n) is 4.90. The number of carbonyl (C=O) groups excluding carboxylic acids is 2. The van der Waals surface area contributed by atoms with Crippen molar-refractivity contribution in [3.8, 4) is 0 Å². The summed E-state index contributed by atoms with van der Waals surface area (Å²) in [5, 5.41) is 2.65. The molecule has 1 heterocycles. The van der Waals surface area contributed by atoms with E-state index in [2.05, 4.69) is 5.32 Å². The monoisotopic (exact) mass is 370 g/mol. The van der Waals surface area contributed by atoms with Gasteiger partial charge in [0.05, 0.1) is 11.4 Å². The van der Waals surface area contributed by atoms with Crippen LogP contribution >= 0.6 is 11.8 Å². The quantitative estimate of drug-likeness (QED) is 0.871. The molecule has 1 aliphatic carbocycles. The third kappa shape index (κ3) is 3.21. The van der Waals surface area contributed by atoms with Gasteiger partial charge in [0.1, 0.15) is 11.2 Å². The maximum Gasteiger partial charge on any atom is 0.238 e. The second kappa shape index (κ2) is 7.11. The van der Waals surface area contributed by atoms with Crippen molar-refractivity contribution in [2.75, 3.05) is 16.0 Å². The van der Waals surface area contributed by atoms with Gasteiger partial charge in [0.25, 0.3) is 0 Å². The van der Waals surface area contributed by atoms with Gasteiger partial charge < -0.3 is 5.32 Å². The van der Waals surface area contributed by atoms with Crippen LogP contribution < -0.4 is 10.2 Å². The van der Waals surface area contributed by atoms with Crippen molar-refractivity contribution in [2.24, 2.45) is 5.92 Å².